The molecule has 2 N–H and O–H groups in total. The van der Waals surface area contributed by atoms with Crippen molar-refractivity contribution in [3.05, 3.63) is 35.0 Å². The minimum absolute atomic E-state index is 0.0487. The van der Waals surface area contributed by atoms with Gasteiger partial charge >= 0.3 is 0 Å². The van der Waals surface area contributed by atoms with Crippen LogP contribution < -0.4 is 5.32 Å². The fourth-order valence-electron chi connectivity index (χ4n) is 3.79. The maximum absolute atomic E-state index is 12.3. The molecule has 3 heterocycles. The van der Waals surface area contributed by atoms with E-state index in [4.69, 9.17) is 4.74 Å². The number of carbonyl (C=O) groups is 1. The number of fused-ring (bicyclic) bond motifs is 3. The number of aromatic nitrogens is 1. The van der Waals surface area contributed by atoms with Crippen molar-refractivity contribution in [2.45, 2.75) is 65.7 Å². The molecule has 0 spiro atoms. The first kappa shape index (κ1) is 17.0. The highest BCUT2D eigenvalue weighted by Crippen LogP contribution is 2.38. The fourth-order valence-corrected chi connectivity index (χ4v) is 3.79. The summed E-state index contributed by atoms with van der Waals surface area (Å²) in [5, 5.41) is 4.27. The molecule has 2 saturated heterocycles. The lowest BCUT2D eigenvalue weighted by Crippen LogP contribution is -2.35. The Hall–Kier alpha value is -1.81. The summed E-state index contributed by atoms with van der Waals surface area (Å²) >= 11 is 0. The zero-order chi connectivity index (χ0) is 17.3. The number of nitrogens with one attached hydrogen (secondary N) is 2. The average molecular weight is 328 g/mol. The molecule has 2 fully saturated rings. The van der Waals surface area contributed by atoms with Crippen molar-refractivity contribution in [1.82, 2.24) is 10.3 Å². The highest BCUT2D eigenvalue weighted by atomic mass is 16.5. The lowest BCUT2D eigenvalue weighted by molar-refractivity contribution is -0.126. The van der Waals surface area contributed by atoms with Gasteiger partial charge in [0.05, 0.1) is 24.7 Å². The lowest BCUT2D eigenvalue weighted by Gasteiger charge is -2.17. The van der Waals surface area contributed by atoms with E-state index in [1.165, 1.54) is 16.5 Å². The van der Waals surface area contributed by atoms with Crippen LogP contribution in [0.3, 0.4) is 0 Å². The van der Waals surface area contributed by atoms with E-state index in [1.807, 2.05) is 13.8 Å². The van der Waals surface area contributed by atoms with Crippen molar-refractivity contribution in [2.24, 2.45) is 5.92 Å². The molecule has 3 unspecified atom stereocenters. The molecule has 1 aromatic carbocycles. The van der Waals surface area contributed by atoms with Crippen LogP contribution in [0.25, 0.3) is 10.9 Å². The maximum Gasteiger partial charge on any atom is 0.226 e. The Bertz CT molecular complexity index is 696. The Kier molecular flexibility index (Phi) is 4.95. The van der Waals surface area contributed by atoms with Crippen LogP contribution in [0.1, 0.15) is 49.9 Å². The number of carbonyl (C=O) groups excluding carboxylic acids is 1. The van der Waals surface area contributed by atoms with Gasteiger partial charge in [0.1, 0.15) is 0 Å². The van der Waals surface area contributed by atoms with Crippen molar-refractivity contribution >= 4 is 16.8 Å². The SMILES string of the molecule is CC.Cc1cc2cc(CNC(=O)C3CC4CCC3O4)[nH]c2cc1C. The molecule has 3 atom stereocenters. The molecule has 4 nitrogen and oxygen atoms in total. The second-order valence-corrected chi connectivity index (χ2v) is 6.75. The van der Waals surface area contributed by atoms with Gasteiger partial charge in [-0.25, -0.2) is 0 Å². The van der Waals surface area contributed by atoms with E-state index < -0.39 is 0 Å². The summed E-state index contributed by atoms with van der Waals surface area (Å²) < 4.78 is 5.76. The van der Waals surface area contributed by atoms with Gasteiger partial charge in [-0.2, -0.15) is 0 Å². The fraction of sp³-hybridized carbons (Fsp3) is 0.550. The number of benzene rings is 1. The highest BCUT2D eigenvalue weighted by molar-refractivity contribution is 5.83. The van der Waals surface area contributed by atoms with Gasteiger partial charge < -0.3 is 15.0 Å². The van der Waals surface area contributed by atoms with E-state index in [-0.39, 0.29) is 17.9 Å². The summed E-state index contributed by atoms with van der Waals surface area (Å²) in [7, 11) is 0. The van der Waals surface area contributed by atoms with Gasteiger partial charge in [0, 0.05) is 11.2 Å². The minimum Gasteiger partial charge on any atom is -0.374 e. The van der Waals surface area contributed by atoms with Crippen molar-refractivity contribution < 1.29 is 9.53 Å². The van der Waals surface area contributed by atoms with Crippen LogP contribution in [0.4, 0.5) is 0 Å². The first-order valence-electron chi connectivity index (χ1n) is 9.12. The number of amides is 1. The molecular weight excluding hydrogens is 300 g/mol. The summed E-state index contributed by atoms with van der Waals surface area (Å²) in [6.07, 6.45) is 3.52. The van der Waals surface area contributed by atoms with Crippen molar-refractivity contribution in [3.8, 4) is 0 Å². The van der Waals surface area contributed by atoms with Crippen LogP contribution in [0.5, 0.6) is 0 Å². The van der Waals surface area contributed by atoms with E-state index in [9.17, 15) is 4.79 Å². The van der Waals surface area contributed by atoms with Crippen LogP contribution in [0, 0.1) is 19.8 Å². The third-order valence-corrected chi connectivity index (χ3v) is 5.19. The summed E-state index contributed by atoms with van der Waals surface area (Å²) in [5.74, 6) is 0.186. The molecule has 0 aliphatic carbocycles. The molecule has 0 radical (unpaired) electrons. The number of hydrogen-bond donors (Lipinski definition) is 2. The zero-order valence-electron chi connectivity index (χ0n) is 15.1. The first-order valence-corrected chi connectivity index (χ1v) is 9.12. The van der Waals surface area contributed by atoms with Gasteiger partial charge in [-0.15, -0.1) is 0 Å². The lowest BCUT2D eigenvalue weighted by atomic mass is 9.88. The van der Waals surface area contributed by atoms with Crippen LogP contribution in [0.2, 0.25) is 0 Å². The average Bonchev–Trinajstić information content (AvgIpc) is 3.30. The maximum atomic E-state index is 12.3. The smallest absolute Gasteiger partial charge is 0.226 e. The Morgan fingerprint density at radius 2 is 1.96 bits per heavy atom. The third-order valence-electron chi connectivity index (χ3n) is 5.19. The molecule has 1 aromatic heterocycles. The molecule has 0 saturated carbocycles. The standard InChI is InChI=1S/C18H22N2O2.C2H6/c1-10-5-12-7-13(20-16(12)6-11(10)2)9-19-18(21)15-8-14-3-4-17(15)22-14;1-2/h5-7,14-15,17,20H,3-4,8-9H2,1-2H3,(H,19,21);1-2H3. The number of rotatable bonds is 3. The number of ether oxygens (including phenoxy) is 1. The minimum atomic E-state index is 0.0487. The number of H-pyrrole nitrogens is 1. The largest absolute Gasteiger partial charge is 0.374 e. The van der Waals surface area contributed by atoms with E-state index >= 15 is 0 Å². The van der Waals surface area contributed by atoms with Gasteiger partial charge in [0.25, 0.3) is 0 Å². The number of aromatic amines is 1. The molecule has 2 aromatic rings. The predicted molar refractivity (Wildman–Crippen MR) is 97.0 cm³/mol. The molecule has 130 valence electrons. The topological polar surface area (TPSA) is 54.1 Å². The molecule has 4 heteroatoms. The van der Waals surface area contributed by atoms with Crippen LogP contribution in [-0.2, 0) is 16.1 Å². The normalized spacial score (nSPS) is 24.8. The third kappa shape index (κ3) is 3.20. The predicted octanol–water partition coefficient (Wildman–Crippen LogP) is 3.99. The van der Waals surface area contributed by atoms with Crippen LogP contribution >= 0.6 is 0 Å². The summed E-state index contributed by atoms with van der Waals surface area (Å²) in [4.78, 5) is 15.7. The van der Waals surface area contributed by atoms with Crippen LogP contribution in [-0.4, -0.2) is 23.1 Å². The van der Waals surface area contributed by atoms with Crippen LogP contribution in [0.15, 0.2) is 18.2 Å². The van der Waals surface area contributed by atoms with Gasteiger partial charge in [0.15, 0.2) is 0 Å². The van der Waals surface area contributed by atoms with E-state index in [0.29, 0.717) is 12.6 Å². The first-order chi connectivity index (χ1) is 11.6. The monoisotopic (exact) mass is 328 g/mol. The molecule has 1 amide bonds. The Morgan fingerprint density at radius 1 is 1.21 bits per heavy atom. The molecule has 24 heavy (non-hydrogen) atoms. The Labute approximate surface area is 144 Å². The number of aryl methyl sites for hydroxylation is 2. The quantitative estimate of drug-likeness (QED) is 0.895. The van der Waals surface area contributed by atoms with E-state index in [0.717, 1.165) is 30.5 Å². The highest BCUT2D eigenvalue weighted by Gasteiger charge is 2.44. The van der Waals surface area contributed by atoms with E-state index in [1.54, 1.807) is 0 Å². The van der Waals surface area contributed by atoms with Gasteiger partial charge in [-0.1, -0.05) is 13.8 Å². The summed E-state index contributed by atoms with van der Waals surface area (Å²) in [6, 6.07) is 6.48. The van der Waals surface area contributed by atoms with Crippen molar-refractivity contribution in [2.75, 3.05) is 0 Å². The van der Waals surface area contributed by atoms with E-state index in [2.05, 4.69) is 42.3 Å². The Morgan fingerprint density at radius 3 is 2.62 bits per heavy atom. The van der Waals surface area contributed by atoms with Crippen molar-refractivity contribution in [3.63, 3.8) is 0 Å². The zero-order valence-corrected chi connectivity index (χ0v) is 15.1. The summed E-state index contributed by atoms with van der Waals surface area (Å²) in [6.45, 7) is 8.80. The number of hydrogen-bond acceptors (Lipinski definition) is 2. The summed E-state index contributed by atoms with van der Waals surface area (Å²) in [5.41, 5.74) is 4.76. The Balaban J connectivity index is 0.000000815. The molecule has 4 rings (SSSR count). The van der Waals surface area contributed by atoms with Gasteiger partial charge in [-0.3, -0.25) is 4.79 Å². The molecule has 2 aliphatic rings. The van der Waals surface area contributed by atoms with Gasteiger partial charge in [0.2, 0.25) is 5.91 Å². The second-order valence-electron chi connectivity index (χ2n) is 6.75. The molecule has 2 aliphatic heterocycles. The van der Waals surface area contributed by atoms with Crippen molar-refractivity contribution in [1.29, 1.82) is 0 Å². The molecular formula is C20H28N2O2. The van der Waals surface area contributed by atoms with Gasteiger partial charge in [-0.05, 0) is 67.8 Å². The molecule has 2 bridgehead atoms. The second kappa shape index (κ2) is 6.98.